The van der Waals surface area contributed by atoms with Crippen LogP contribution in [-0.4, -0.2) is 51.3 Å². The van der Waals surface area contributed by atoms with Crippen molar-refractivity contribution in [2.45, 2.75) is 45.4 Å². The van der Waals surface area contributed by atoms with Gasteiger partial charge in [0, 0.05) is 13.7 Å². The number of rotatable bonds is 10. The second kappa shape index (κ2) is 10.8. The number of likely N-dealkylation sites (tertiary alicyclic amines) is 1. The lowest BCUT2D eigenvalue weighted by Gasteiger charge is -2.32. The van der Waals surface area contributed by atoms with E-state index < -0.39 is 0 Å². The molecule has 18 heavy (non-hydrogen) atoms. The average Bonchev–Trinajstić information content (AvgIpc) is 2.39. The first-order valence-corrected chi connectivity index (χ1v) is 7.78. The zero-order valence-electron chi connectivity index (χ0n) is 12.4. The van der Waals surface area contributed by atoms with E-state index in [0.717, 1.165) is 12.5 Å². The summed E-state index contributed by atoms with van der Waals surface area (Å²) >= 11 is 0. The van der Waals surface area contributed by atoms with E-state index in [4.69, 9.17) is 4.74 Å². The Morgan fingerprint density at radius 3 is 2.89 bits per heavy atom. The molecule has 1 aliphatic heterocycles. The Morgan fingerprint density at radius 1 is 1.22 bits per heavy atom. The van der Waals surface area contributed by atoms with Gasteiger partial charge in [-0.05, 0) is 64.2 Å². The third-order valence-corrected chi connectivity index (χ3v) is 3.76. The van der Waals surface area contributed by atoms with Crippen molar-refractivity contribution < 1.29 is 4.74 Å². The van der Waals surface area contributed by atoms with Crippen LogP contribution in [0, 0.1) is 5.92 Å². The molecule has 0 aromatic heterocycles. The molecular formula is C15H32N2O. The quantitative estimate of drug-likeness (QED) is 0.608. The van der Waals surface area contributed by atoms with Gasteiger partial charge >= 0.3 is 0 Å². The van der Waals surface area contributed by atoms with Crippen LogP contribution in [-0.2, 0) is 4.74 Å². The van der Waals surface area contributed by atoms with E-state index >= 15 is 0 Å². The molecule has 0 aliphatic carbocycles. The first-order valence-electron chi connectivity index (χ1n) is 7.78. The number of piperidine rings is 1. The molecule has 1 N–H and O–H groups in total. The van der Waals surface area contributed by atoms with Crippen molar-refractivity contribution >= 4 is 0 Å². The summed E-state index contributed by atoms with van der Waals surface area (Å²) in [5, 5.41) is 3.47. The van der Waals surface area contributed by atoms with E-state index in [1.165, 1.54) is 71.2 Å². The summed E-state index contributed by atoms with van der Waals surface area (Å²) in [6.07, 6.45) is 8.00. The fraction of sp³-hybridized carbons (Fsp3) is 1.00. The van der Waals surface area contributed by atoms with Gasteiger partial charge in [-0.2, -0.15) is 0 Å². The lowest BCUT2D eigenvalue weighted by Crippen LogP contribution is -2.37. The minimum absolute atomic E-state index is 0.773. The molecule has 0 bridgehead atoms. The maximum atomic E-state index is 5.28. The highest BCUT2D eigenvalue weighted by Gasteiger charge is 2.18. The highest BCUT2D eigenvalue weighted by molar-refractivity contribution is 4.72. The van der Waals surface area contributed by atoms with E-state index in [0.29, 0.717) is 0 Å². The highest BCUT2D eigenvalue weighted by Crippen LogP contribution is 2.17. The van der Waals surface area contributed by atoms with Gasteiger partial charge in [0.05, 0.1) is 6.61 Å². The molecule has 108 valence electrons. The molecule has 1 rings (SSSR count). The summed E-state index contributed by atoms with van der Waals surface area (Å²) in [4.78, 5) is 2.63. The fourth-order valence-corrected chi connectivity index (χ4v) is 2.79. The molecule has 1 fully saturated rings. The number of nitrogens with one attached hydrogen (secondary N) is 1. The van der Waals surface area contributed by atoms with Crippen LogP contribution in [0.5, 0.6) is 0 Å². The predicted molar refractivity (Wildman–Crippen MR) is 78.1 cm³/mol. The zero-order chi connectivity index (χ0) is 13.1. The van der Waals surface area contributed by atoms with Crippen molar-refractivity contribution in [1.29, 1.82) is 0 Å². The molecular weight excluding hydrogens is 224 g/mol. The van der Waals surface area contributed by atoms with Gasteiger partial charge in [-0.3, -0.25) is 0 Å². The van der Waals surface area contributed by atoms with Gasteiger partial charge in [0.25, 0.3) is 0 Å². The van der Waals surface area contributed by atoms with Gasteiger partial charge in [0.1, 0.15) is 0 Å². The molecule has 1 atom stereocenters. The maximum Gasteiger partial charge on any atom is 0.0502 e. The number of hydrogen-bond acceptors (Lipinski definition) is 3. The molecule has 1 aliphatic rings. The van der Waals surface area contributed by atoms with E-state index in [-0.39, 0.29) is 0 Å². The lowest BCUT2D eigenvalue weighted by molar-refractivity contribution is 0.0898. The minimum atomic E-state index is 0.773. The third-order valence-electron chi connectivity index (χ3n) is 3.76. The predicted octanol–water partition coefficient (Wildman–Crippen LogP) is 2.51. The van der Waals surface area contributed by atoms with Gasteiger partial charge < -0.3 is 15.0 Å². The molecule has 3 heteroatoms. The van der Waals surface area contributed by atoms with Crippen LogP contribution in [0.3, 0.4) is 0 Å². The van der Waals surface area contributed by atoms with Crippen LogP contribution >= 0.6 is 0 Å². The van der Waals surface area contributed by atoms with Crippen LogP contribution in [0.25, 0.3) is 0 Å². The number of ether oxygens (including phenoxy) is 1. The van der Waals surface area contributed by atoms with Crippen molar-refractivity contribution in [2.75, 3.05) is 46.4 Å². The Hall–Kier alpha value is -0.120. The standard InChI is InChI=1S/C15H32N2O/c1-3-9-16-10-5-4-6-11-17-12-7-8-15(13-17)14-18-2/h15-16H,3-14H2,1-2H3. The molecule has 0 radical (unpaired) electrons. The molecule has 0 aromatic rings. The summed E-state index contributed by atoms with van der Waals surface area (Å²) in [6.45, 7) is 9.37. The van der Waals surface area contributed by atoms with Gasteiger partial charge in [-0.25, -0.2) is 0 Å². The topological polar surface area (TPSA) is 24.5 Å². The van der Waals surface area contributed by atoms with Gasteiger partial charge in [-0.15, -0.1) is 0 Å². The first-order chi connectivity index (χ1) is 8.86. The number of nitrogens with zero attached hydrogens (tertiary/aromatic N) is 1. The molecule has 1 saturated heterocycles. The zero-order valence-corrected chi connectivity index (χ0v) is 12.4. The van der Waals surface area contributed by atoms with Crippen molar-refractivity contribution in [3.8, 4) is 0 Å². The van der Waals surface area contributed by atoms with Crippen LogP contribution in [0.1, 0.15) is 45.4 Å². The lowest BCUT2D eigenvalue weighted by atomic mass is 9.99. The van der Waals surface area contributed by atoms with E-state index in [2.05, 4.69) is 17.1 Å². The van der Waals surface area contributed by atoms with Crippen LogP contribution in [0.2, 0.25) is 0 Å². The van der Waals surface area contributed by atoms with Gasteiger partial charge in [0.2, 0.25) is 0 Å². The highest BCUT2D eigenvalue weighted by atomic mass is 16.5. The summed E-state index contributed by atoms with van der Waals surface area (Å²) in [6, 6.07) is 0. The molecule has 0 spiro atoms. The van der Waals surface area contributed by atoms with Crippen LogP contribution < -0.4 is 5.32 Å². The Bertz CT molecular complexity index is 185. The Labute approximate surface area is 113 Å². The van der Waals surface area contributed by atoms with Crippen LogP contribution in [0.4, 0.5) is 0 Å². The van der Waals surface area contributed by atoms with Crippen LogP contribution in [0.15, 0.2) is 0 Å². The summed E-state index contributed by atoms with van der Waals surface area (Å²) in [5.74, 6) is 0.773. The average molecular weight is 256 g/mol. The monoisotopic (exact) mass is 256 g/mol. The molecule has 3 nitrogen and oxygen atoms in total. The number of hydrogen-bond donors (Lipinski definition) is 1. The normalized spacial score (nSPS) is 21.3. The molecule has 1 heterocycles. The summed E-state index contributed by atoms with van der Waals surface area (Å²) < 4.78 is 5.28. The number of methoxy groups -OCH3 is 1. The van der Waals surface area contributed by atoms with Crippen molar-refractivity contribution in [1.82, 2.24) is 10.2 Å². The van der Waals surface area contributed by atoms with Gasteiger partial charge in [0.15, 0.2) is 0 Å². The second-order valence-electron chi connectivity index (χ2n) is 5.57. The fourth-order valence-electron chi connectivity index (χ4n) is 2.79. The minimum Gasteiger partial charge on any atom is -0.384 e. The Morgan fingerprint density at radius 2 is 2.11 bits per heavy atom. The number of unbranched alkanes of at least 4 members (excludes halogenated alkanes) is 2. The Balaban J connectivity index is 1.94. The SMILES string of the molecule is CCCNCCCCCN1CCCC(COC)C1. The maximum absolute atomic E-state index is 5.28. The summed E-state index contributed by atoms with van der Waals surface area (Å²) in [7, 11) is 1.82. The van der Waals surface area contributed by atoms with Crippen molar-refractivity contribution in [2.24, 2.45) is 5.92 Å². The second-order valence-corrected chi connectivity index (χ2v) is 5.57. The van der Waals surface area contributed by atoms with Crippen molar-refractivity contribution in [3.63, 3.8) is 0 Å². The molecule has 1 unspecified atom stereocenters. The summed E-state index contributed by atoms with van der Waals surface area (Å²) in [5.41, 5.74) is 0. The molecule has 0 saturated carbocycles. The third kappa shape index (κ3) is 7.34. The molecule has 0 aromatic carbocycles. The van der Waals surface area contributed by atoms with Gasteiger partial charge in [-0.1, -0.05) is 13.3 Å². The smallest absolute Gasteiger partial charge is 0.0502 e. The van der Waals surface area contributed by atoms with Crippen molar-refractivity contribution in [3.05, 3.63) is 0 Å². The van der Waals surface area contributed by atoms with E-state index in [1.54, 1.807) is 0 Å². The molecule has 0 amide bonds. The van der Waals surface area contributed by atoms with E-state index in [9.17, 15) is 0 Å². The largest absolute Gasteiger partial charge is 0.384 e. The first kappa shape index (κ1) is 15.9. The van der Waals surface area contributed by atoms with E-state index in [1.807, 2.05) is 7.11 Å². The Kier molecular flexibility index (Phi) is 9.54.